The third-order valence-corrected chi connectivity index (χ3v) is 8.03. The molecule has 4 aliphatic heterocycles. The van der Waals surface area contributed by atoms with Gasteiger partial charge in [-0.1, -0.05) is 17.7 Å². The molecule has 2 atom stereocenters. The molecule has 0 radical (unpaired) electrons. The first-order valence-electron chi connectivity index (χ1n) is 12.0. The highest BCUT2D eigenvalue weighted by atomic mass is 35.5. The third-order valence-electron chi connectivity index (χ3n) is 7.79. The molecule has 4 aliphatic rings. The number of piperidine rings is 1. The maximum atomic E-state index is 12.7. The quantitative estimate of drug-likeness (QED) is 0.679. The van der Waals surface area contributed by atoms with Crippen LogP contribution in [0.4, 0.5) is 5.69 Å². The van der Waals surface area contributed by atoms with Crippen molar-refractivity contribution in [1.82, 2.24) is 15.1 Å². The van der Waals surface area contributed by atoms with Crippen molar-refractivity contribution >= 4 is 29.2 Å². The maximum Gasteiger partial charge on any atom is 0.312 e. The van der Waals surface area contributed by atoms with Gasteiger partial charge in [0.2, 0.25) is 5.91 Å². The van der Waals surface area contributed by atoms with Gasteiger partial charge in [-0.15, -0.1) is 0 Å². The van der Waals surface area contributed by atoms with E-state index in [0.717, 1.165) is 76.4 Å². The van der Waals surface area contributed by atoms with Gasteiger partial charge >= 0.3 is 5.97 Å². The van der Waals surface area contributed by atoms with Crippen LogP contribution >= 0.6 is 11.6 Å². The summed E-state index contributed by atoms with van der Waals surface area (Å²) >= 11 is 6.13. The van der Waals surface area contributed by atoms with E-state index in [-0.39, 0.29) is 29.4 Å². The van der Waals surface area contributed by atoms with Crippen LogP contribution in [0.1, 0.15) is 32.1 Å². The summed E-state index contributed by atoms with van der Waals surface area (Å²) in [5.41, 5.74) is 0.807. The van der Waals surface area contributed by atoms with E-state index in [2.05, 4.69) is 21.2 Å². The molecule has 174 valence electrons. The molecule has 7 nitrogen and oxygen atoms in total. The predicted molar refractivity (Wildman–Crippen MR) is 124 cm³/mol. The number of nitrogens with zero attached hydrogens (tertiary/aromatic N) is 3. The fourth-order valence-corrected chi connectivity index (χ4v) is 5.70. The van der Waals surface area contributed by atoms with E-state index < -0.39 is 0 Å². The molecule has 4 fully saturated rings. The van der Waals surface area contributed by atoms with Crippen molar-refractivity contribution in [3.8, 4) is 0 Å². The minimum Gasteiger partial charge on any atom is -0.462 e. The van der Waals surface area contributed by atoms with Crippen molar-refractivity contribution in [3.05, 3.63) is 29.3 Å². The van der Waals surface area contributed by atoms with Gasteiger partial charge in [0, 0.05) is 62.9 Å². The number of amides is 1. The predicted octanol–water partition coefficient (Wildman–Crippen LogP) is 2.14. The van der Waals surface area contributed by atoms with E-state index in [1.54, 1.807) is 0 Å². The van der Waals surface area contributed by atoms with Gasteiger partial charge in [0.05, 0.1) is 11.5 Å². The van der Waals surface area contributed by atoms with E-state index in [4.69, 9.17) is 16.3 Å². The lowest BCUT2D eigenvalue weighted by molar-refractivity contribution is -0.153. The van der Waals surface area contributed by atoms with Gasteiger partial charge in [0.25, 0.3) is 0 Å². The van der Waals surface area contributed by atoms with Gasteiger partial charge < -0.3 is 19.9 Å². The standard InChI is InChI=1S/C24H33ClN4O3/c25-18-2-1-3-19(16-18)28-14-12-27(13-15-28)9-5-20-17-24(23(31)32-20)6-10-29(11-7-24)22(30)21-4-8-26-21/h1-3,16,20-21,26H,4-15,17H2/t20-,21?/m0/s1. The van der Waals surface area contributed by atoms with Crippen LogP contribution in [0, 0.1) is 5.41 Å². The molecule has 1 amide bonds. The fourth-order valence-electron chi connectivity index (χ4n) is 5.51. The zero-order valence-electron chi connectivity index (χ0n) is 18.6. The Bertz CT molecular complexity index is 845. The summed E-state index contributed by atoms with van der Waals surface area (Å²) in [5, 5.41) is 3.96. The zero-order chi connectivity index (χ0) is 22.1. The molecule has 0 aliphatic carbocycles. The Morgan fingerprint density at radius 1 is 1.16 bits per heavy atom. The van der Waals surface area contributed by atoms with Crippen LogP contribution in [-0.4, -0.2) is 86.2 Å². The maximum absolute atomic E-state index is 12.7. The van der Waals surface area contributed by atoms with E-state index in [1.165, 1.54) is 5.69 Å². The molecule has 0 saturated carbocycles. The minimum absolute atomic E-state index is 0.00371. The second kappa shape index (κ2) is 9.20. The molecule has 1 spiro atoms. The van der Waals surface area contributed by atoms with Gasteiger partial charge in [-0.2, -0.15) is 0 Å². The molecule has 5 rings (SSSR count). The Labute approximate surface area is 195 Å². The molecule has 4 saturated heterocycles. The summed E-state index contributed by atoms with van der Waals surface area (Å²) in [4.78, 5) is 32.0. The van der Waals surface area contributed by atoms with Gasteiger partial charge in [-0.25, -0.2) is 0 Å². The van der Waals surface area contributed by atoms with Gasteiger partial charge in [-0.05, 0) is 50.4 Å². The molecule has 1 aromatic carbocycles. The van der Waals surface area contributed by atoms with Gasteiger partial charge in [0.15, 0.2) is 0 Å². The van der Waals surface area contributed by atoms with E-state index in [9.17, 15) is 9.59 Å². The molecule has 0 aromatic heterocycles. The molecule has 4 heterocycles. The Balaban J connectivity index is 1.06. The number of nitrogens with one attached hydrogen (secondary N) is 1. The lowest BCUT2D eigenvalue weighted by atomic mass is 9.75. The first kappa shape index (κ1) is 22.0. The normalized spacial score (nSPS) is 28.0. The number of benzene rings is 1. The number of halogens is 1. The smallest absolute Gasteiger partial charge is 0.312 e. The lowest BCUT2D eigenvalue weighted by Crippen LogP contribution is -2.56. The third kappa shape index (κ3) is 4.47. The second-order valence-electron chi connectivity index (χ2n) is 9.73. The van der Waals surface area contributed by atoms with E-state index in [0.29, 0.717) is 13.1 Å². The average molecular weight is 461 g/mol. The monoisotopic (exact) mass is 460 g/mol. The highest BCUT2D eigenvalue weighted by molar-refractivity contribution is 6.30. The number of cyclic esters (lactones) is 1. The van der Waals surface area contributed by atoms with Crippen LogP contribution in [0.5, 0.6) is 0 Å². The van der Waals surface area contributed by atoms with Gasteiger partial charge in [-0.3, -0.25) is 14.5 Å². The Kier molecular flexibility index (Phi) is 6.32. The number of carbonyl (C=O) groups excluding carboxylic acids is 2. The van der Waals surface area contributed by atoms with Crippen LogP contribution in [0.2, 0.25) is 5.02 Å². The van der Waals surface area contributed by atoms with Crippen molar-refractivity contribution in [1.29, 1.82) is 0 Å². The van der Waals surface area contributed by atoms with Crippen molar-refractivity contribution in [3.63, 3.8) is 0 Å². The number of hydrogen-bond donors (Lipinski definition) is 1. The molecule has 0 bridgehead atoms. The van der Waals surface area contributed by atoms with Crippen molar-refractivity contribution in [2.45, 2.75) is 44.2 Å². The highest BCUT2D eigenvalue weighted by Gasteiger charge is 2.51. The Morgan fingerprint density at radius 3 is 2.56 bits per heavy atom. The van der Waals surface area contributed by atoms with E-state index in [1.807, 2.05) is 23.1 Å². The molecule has 1 aromatic rings. The van der Waals surface area contributed by atoms with Gasteiger partial charge in [0.1, 0.15) is 6.10 Å². The largest absolute Gasteiger partial charge is 0.462 e. The van der Waals surface area contributed by atoms with Crippen LogP contribution in [0.15, 0.2) is 24.3 Å². The Morgan fingerprint density at radius 2 is 1.91 bits per heavy atom. The van der Waals surface area contributed by atoms with Crippen LogP contribution in [0.25, 0.3) is 0 Å². The Hall–Kier alpha value is -1.83. The molecule has 32 heavy (non-hydrogen) atoms. The first-order valence-corrected chi connectivity index (χ1v) is 12.4. The summed E-state index contributed by atoms with van der Waals surface area (Å²) in [6, 6.07) is 8.03. The number of ether oxygens (including phenoxy) is 1. The molecular formula is C24H33ClN4O3. The number of hydrogen-bond acceptors (Lipinski definition) is 6. The summed E-state index contributed by atoms with van der Waals surface area (Å²) in [5.74, 6) is 0.160. The SMILES string of the molecule is O=C(C1CCN1)N1CCC2(CC1)C[C@H](CCN1CCN(c3cccc(Cl)c3)CC1)OC2=O. The van der Waals surface area contributed by atoms with Crippen molar-refractivity contribution in [2.24, 2.45) is 5.41 Å². The number of rotatable bonds is 5. The average Bonchev–Trinajstić information content (AvgIpc) is 3.06. The number of likely N-dealkylation sites (tertiary alicyclic amines) is 1. The topological polar surface area (TPSA) is 65.1 Å². The molecule has 1 unspecified atom stereocenters. The summed E-state index contributed by atoms with van der Waals surface area (Å²) < 4.78 is 5.82. The summed E-state index contributed by atoms with van der Waals surface area (Å²) in [6.45, 7) is 7.19. The van der Waals surface area contributed by atoms with Crippen molar-refractivity contribution < 1.29 is 14.3 Å². The number of piperazine rings is 1. The second-order valence-corrected chi connectivity index (χ2v) is 10.2. The first-order chi connectivity index (χ1) is 15.5. The highest BCUT2D eigenvalue weighted by Crippen LogP contribution is 2.44. The molecular weight excluding hydrogens is 428 g/mol. The molecule has 1 N–H and O–H groups in total. The number of carbonyl (C=O) groups is 2. The summed E-state index contributed by atoms with van der Waals surface area (Å²) in [6.07, 6.45) is 4.09. The summed E-state index contributed by atoms with van der Waals surface area (Å²) in [7, 11) is 0. The van der Waals surface area contributed by atoms with E-state index >= 15 is 0 Å². The fraction of sp³-hybridized carbons (Fsp3) is 0.667. The molecule has 8 heteroatoms. The van der Waals surface area contributed by atoms with Crippen LogP contribution < -0.4 is 10.2 Å². The van der Waals surface area contributed by atoms with Crippen LogP contribution in [0.3, 0.4) is 0 Å². The number of anilines is 1. The lowest BCUT2D eigenvalue weighted by Gasteiger charge is -2.39. The van der Waals surface area contributed by atoms with Crippen LogP contribution in [-0.2, 0) is 14.3 Å². The number of esters is 1. The zero-order valence-corrected chi connectivity index (χ0v) is 19.4. The van der Waals surface area contributed by atoms with Crippen molar-refractivity contribution in [2.75, 3.05) is 57.3 Å². The minimum atomic E-state index is -0.375.